The quantitative estimate of drug-likeness (QED) is 0.551. The number of rotatable bonds is 3. The molecule has 1 rings (SSSR count). The third-order valence-electron chi connectivity index (χ3n) is 3.02. The molecule has 0 fully saturated rings. The Balaban J connectivity index is 0.000000396. The lowest BCUT2D eigenvalue weighted by atomic mass is 9.82. The summed E-state index contributed by atoms with van der Waals surface area (Å²) in [6.45, 7) is 6.31. The number of aliphatic hydroxyl groups is 2. The van der Waals surface area contributed by atoms with Crippen molar-refractivity contribution >= 4 is 18.4 Å². The van der Waals surface area contributed by atoms with Gasteiger partial charge in [-0.3, -0.25) is 0 Å². The van der Waals surface area contributed by atoms with Crippen LogP contribution in [0.25, 0.3) is 0 Å². The van der Waals surface area contributed by atoms with Crippen LogP contribution in [0.2, 0.25) is 0 Å². The van der Waals surface area contributed by atoms with Crippen molar-refractivity contribution < 1.29 is 20.3 Å². The van der Waals surface area contributed by atoms with Crippen molar-refractivity contribution in [2.24, 2.45) is 0 Å². The molecule has 6 nitrogen and oxygen atoms in total. The molecule has 1 heterocycles. The largest absolute Gasteiger partial charge is 0.490 e. The molecule has 1 aromatic rings. The molecular weight excluding hydrogens is 259 g/mol. The first kappa shape index (κ1) is 18.9. The summed E-state index contributed by atoms with van der Waals surface area (Å²) in [4.78, 5) is 5.85. The van der Waals surface area contributed by atoms with E-state index in [9.17, 15) is 0 Å². The van der Waals surface area contributed by atoms with Crippen molar-refractivity contribution in [3.8, 4) is 0 Å². The fraction of sp³-hybridized carbons (Fsp3) is 0.615. The average molecular weight is 284 g/mol. The summed E-state index contributed by atoms with van der Waals surface area (Å²) >= 11 is 0. The minimum absolute atomic E-state index is 0.403. The number of pyridine rings is 1. The van der Waals surface area contributed by atoms with E-state index < -0.39 is 18.3 Å². The normalized spacial score (nSPS) is 11.5. The summed E-state index contributed by atoms with van der Waals surface area (Å²) < 4.78 is 0. The average Bonchev–Trinajstić information content (AvgIpc) is 2.27. The molecule has 0 aliphatic carbocycles. The van der Waals surface area contributed by atoms with Crippen LogP contribution in [-0.2, 0) is 0 Å². The maximum absolute atomic E-state index is 9.10. The second kappa shape index (κ2) is 7.03. The Morgan fingerprint density at radius 3 is 1.65 bits per heavy atom. The van der Waals surface area contributed by atoms with E-state index in [1.165, 1.54) is 6.20 Å². The molecule has 0 bridgehead atoms. The van der Waals surface area contributed by atoms with Gasteiger partial charge in [-0.05, 0) is 33.8 Å². The van der Waals surface area contributed by atoms with E-state index in [2.05, 4.69) is 4.98 Å². The van der Waals surface area contributed by atoms with Crippen LogP contribution in [0.5, 0.6) is 0 Å². The molecular formula is C13H25BN2O4. The van der Waals surface area contributed by atoms with Gasteiger partial charge in [-0.15, -0.1) is 0 Å². The van der Waals surface area contributed by atoms with Gasteiger partial charge in [0.1, 0.15) is 5.82 Å². The summed E-state index contributed by atoms with van der Waals surface area (Å²) in [5.41, 5.74) is -1.61. The SMILES string of the molecule is CC(C)(O)C(C)(C)O.CN(C)c1ccc(B(O)O)cn1. The first-order valence-electron chi connectivity index (χ1n) is 6.30. The van der Waals surface area contributed by atoms with E-state index in [4.69, 9.17) is 20.3 Å². The summed E-state index contributed by atoms with van der Waals surface area (Å²) in [5, 5.41) is 35.7. The summed E-state index contributed by atoms with van der Waals surface area (Å²) in [7, 11) is 2.31. The molecule has 0 atom stereocenters. The molecule has 4 N–H and O–H groups in total. The van der Waals surface area contributed by atoms with Crippen molar-refractivity contribution in [2.75, 3.05) is 19.0 Å². The Morgan fingerprint density at radius 2 is 1.45 bits per heavy atom. The minimum Gasteiger partial charge on any atom is -0.423 e. The van der Waals surface area contributed by atoms with Gasteiger partial charge in [-0.25, -0.2) is 4.98 Å². The van der Waals surface area contributed by atoms with Crippen molar-refractivity contribution in [1.29, 1.82) is 0 Å². The van der Waals surface area contributed by atoms with E-state index in [0.29, 0.717) is 5.46 Å². The third kappa shape index (κ3) is 6.34. The van der Waals surface area contributed by atoms with Crippen molar-refractivity contribution in [2.45, 2.75) is 38.9 Å². The molecule has 0 amide bonds. The molecule has 0 aromatic carbocycles. The molecule has 20 heavy (non-hydrogen) atoms. The van der Waals surface area contributed by atoms with Gasteiger partial charge in [0.05, 0.1) is 11.2 Å². The second-order valence-corrected chi connectivity index (χ2v) is 5.84. The van der Waals surface area contributed by atoms with Gasteiger partial charge < -0.3 is 25.2 Å². The number of hydrogen-bond acceptors (Lipinski definition) is 6. The highest BCUT2D eigenvalue weighted by Crippen LogP contribution is 2.19. The zero-order chi connectivity index (χ0) is 16.1. The zero-order valence-corrected chi connectivity index (χ0v) is 13.0. The van der Waals surface area contributed by atoms with Crippen LogP contribution in [0, 0.1) is 0 Å². The first-order valence-corrected chi connectivity index (χ1v) is 6.30. The van der Waals surface area contributed by atoms with E-state index >= 15 is 0 Å². The van der Waals surface area contributed by atoms with Crippen molar-refractivity contribution in [3.05, 3.63) is 18.3 Å². The Labute approximate surface area is 120 Å². The predicted octanol–water partition coefficient (Wildman–Crippen LogP) is -0.644. The fourth-order valence-corrected chi connectivity index (χ4v) is 0.815. The van der Waals surface area contributed by atoms with E-state index in [0.717, 1.165) is 5.82 Å². The van der Waals surface area contributed by atoms with Crippen LogP contribution >= 0.6 is 0 Å². The highest BCUT2D eigenvalue weighted by Gasteiger charge is 2.31. The van der Waals surface area contributed by atoms with Gasteiger partial charge in [-0.2, -0.15) is 0 Å². The highest BCUT2D eigenvalue weighted by molar-refractivity contribution is 6.58. The summed E-state index contributed by atoms with van der Waals surface area (Å²) in [6.07, 6.45) is 1.44. The summed E-state index contributed by atoms with van der Waals surface area (Å²) in [5.74, 6) is 0.791. The van der Waals surface area contributed by atoms with Crippen molar-refractivity contribution in [3.63, 3.8) is 0 Å². The molecule has 0 aliphatic rings. The number of hydrogen-bond donors (Lipinski definition) is 4. The lowest BCUT2D eigenvalue weighted by molar-refractivity contribution is -0.107. The topological polar surface area (TPSA) is 97.1 Å². The van der Waals surface area contributed by atoms with E-state index in [1.807, 2.05) is 19.0 Å². The maximum Gasteiger partial charge on any atom is 0.490 e. The molecule has 114 valence electrons. The monoisotopic (exact) mass is 284 g/mol. The predicted molar refractivity (Wildman–Crippen MR) is 81.0 cm³/mol. The molecule has 1 aromatic heterocycles. The highest BCUT2D eigenvalue weighted by atomic mass is 16.4. The van der Waals surface area contributed by atoms with Gasteiger partial charge in [0.25, 0.3) is 0 Å². The Kier molecular flexibility index (Phi) is 6.63. The third-order valence-corrected chi connectivity index (χ3v) is 3.02. The van der Waals surface area contributed by atoms with Gasteiger partial charge >= 0.3 is 7.12 Å². The summed E-state index contributed by atoms with van der Waals surface area (Å²) in [6, 6.07) is 3.36. The lowest BCUT2D eigenvalue weighted by Crippen LogP contribution is -2.44. The lowest BCUT2D eigenvalue weighted by Gasteiger charge is -2.31. The van der Waals surface area contributed by atoms with Crippen LogP contribution < -0.4 is 10.4 Å². The Bertz CT molecular complexity index is 355. The fourth-order valence-electron chi connectivity index (χ4n) is 0.815. The van der Waals surface area contributed by atoms with Gasteiger partial charge in [0, 0.05) is 25.8 Å². The van der Waals surface area contributed by atoms with Crippen LogP contribution in [0.1, 0.15) is 27.7 Å². The molecule has 0 spiro atoms. The number of nitrogens with zero attached hydrogens (tertiary/aromatic N) is 2. The van der Waals surface area contributed by atoms with Crippen LogP contribution in [-0.4, -0.2) is 57.7 Å². The molecule has 7 heteroatoms. The van der Waals surface area contributed by atoms with Gasteiger partial charge in [-0.1, -0.05) is 6.07 Å². The zero-order valence-electron chi connectivity index (χ0n) is 13.0. The van der Waals surface area contributed by atoms with Crippen LogP contribution in [0.3, 0.4) is 0 Å². The first-order chi connectivity index (χ1) is 8.86. The van der Waals surface area contributed by atoms with Crippen LogP contribution in [0.4, 0.5) is 5.82 Å². The van der Waals surface area contributed by atoms with Crippen molar-refractivity contribution in [1.82, 2.24) is 4.98 Å². The number of aromatic nitrogens is 1. The number of anilines is 1. The minimum atomic E-state index is -1.44. The molecule has 0 radical (unpaired) electrons. The Morgan fingerprint density at radius 1 is 1.00 bits per heavy atom. The molecule has 0 saturated carbocycles. The Hall–Kier alpha value is -1.15. The molecule has 0 saturated heterocycles. The van der Waals surface area contributed by atoms with Gasteiger partial charge in [0.15, 0.2) is 0 Å². The van der Waals surface area contributed by atoms with E-state index in [1.54, 1.807) is 39.8 Å². The maximum atomic E-state index is 9.10. The smallest absolute Gasteiger partial charge is 0.423 e. The van der Waals surface area contributed by atoms with E-state index in [-0.39, 0.29) is 0 Å². The standard InChI is InChI=1S/C7H11BN2O2.C6H14O2/c1-10(2)7-4-3-6(5-9-7)8(11)12;1-5(2,7)6(3,4)8/h3-5,11-12H,1-2H3;7-8H,1-4H3. The molecule has 0 unspecified atom stereocenters. The van der Waals surface area contributed by atoms with Gasteiger partial charge in [0.2, 0.25) is 0 Å². The van der Waals surface area contributed by atoms with Crippen LogP contribution in [0.15, 0.2) is 18.3 Å². The molecule has 0 aliphatic heterocycles. The second-order valence-electron chi connectivity index (χ2n) is 5.84.